The minimum absolute atomic E-state index is 0.0180. The zero-order valence-electron chi connectivity index (χ0n) is 23.1. The summed E-state index contributed by atoms with van der Waals surface area (Å²) in [7, 11) is -2.07. The molecule has 206 valence electrons. The topological polar surface area (TPSA) is 100 Å². The molecule has 2 aromatic rings. The summed E-state index contributed by atoms with van der Waals surface area (Å²) in [6, 6.07) is 4.39. The molecule has 3 heterocycles. The first kappa shape index (κ1) is 28.5. The summed E-state index contributed by atoms with van der Waals surface area (Å²) in [5.74, 6) is -2.33. The van der Waals surface area contributed by atoms with Gasteiger partial charge in [0.1, 0.15) is 18.6 Å². The van der Waals surface area contributed by atoms with E-state index in [4.69, 9.17) is 18.5 Å². The van der Waals surface area contributed by atoms with Crippen molar-refractivity contribution in [1.82, 2.24) is 9.47 Å². The molecule has 2 fully saturated rings. The number of rotatable bonds is 8. The van der Waals surface area contributed by atoms with Gasteiger partial charge in [0.05, 0.1) is 23.0 Å². The second-order valence-corrected chi connectivity index (χ2v) is 17.8. The van der Waals surface area contributed by atoms with Crippen LogP contribution in [0.1, 0.15) is 46.6 Å². The van der Waals surface area contributed by atoms with Crippen LogP contribution in [0, 0.1) is 5.82 Å². The van der Waals surface area contributed by atoms with Crippen LogP contribution in [0.5, 0.6) is 0 Å². The summed E-state index contributed by atoms with van der Waals surface area (Å²) in [4.78, 5) is 39.3. The standard InChI is InChI=1S/C26H36BFN2O7Si/c1-25(2)26(3,4)37-27(36-25)17-8-9-18(19(28)14-17)21-15-29(24(33)35-21)20-10-11-22(31)30(23(20)32)16-34-12-13-38(5,6)7/h8-9,14-15,20H,10-13,16H2,1-7H3. The molecule has 2 amide bonds. The lowest BCUT2D eigenvalue weighted by Crippen LogP contribution is -2.48. The summed E-state index contributed by atoms with van der Waals surface area (Å²) < 4.78 is 39.2. The van der Waals surface area contributed by atoms with Crippen molar-refractivity contribution in [3.8, 4) is 11.3 Å². The molecule has 2 saturated heterocycles. The van der Waals surface area contributed by atoms with Gasteiger partial charge in [-0.3, -0.25) is 19.1 Å². The van der Waals surface area contributed by atoms with Crippen molar-refractivity contribution in [2.75, 3.05) is 13.3 Å². The van der Waals surface area contributed by atoms with Gasteiger partial charge in [0, 0.05) is 21.1 Å². The van der Waals surface area contributed by atoms with Gasteiger partial charge >= 0.3 is 12.9 Å². The smallest absolute Gasteiger partial charge is 0.408 e. The highest BCUT2D eigenvalue weighted by Gasteiger charge is 2.51. The fourth-order valence-electron chi connectivity index (χ4n) is 4.30. The molecule has 0 radical (unpaired) electrons. The highest BCUT2D eigenvalue weighted by Crippen LogP contribution is 2.37. The Hall–Kier alpha value is -2.54. The number of nitrogens with zero attached hydrogens (tertiary/aromatic N) is 2. The van der Waals surface area contributed by atoms with Crippen molar-refractivity contribution in [1.29, 1.82) is 0 Å². The average molecular weight is 546 g/mol. The Morgan fingerprint density at radius 2 is 1.76 bits per heavy atom. The highest BCUT2D eigenvalue weighted by atomic mass is 28.3. The number of likely N-dealkylation sites (tertiary alicyclic amines) is 1. The molecule has 12 heteroatoms. The third-order valence-electron chi connectivity index (χ3n) is 7.48. The fourth-order valence-corrected chi connectivity index (χ4v) is 5.06. The average Bonchev–Trinajstić information content (AvgIpc) is 3.27. The molecule has 38 heavy (non-hydrogen) atoms. The van der Waals surface area contributed by atoms with E-state index in [1.165, 1.54) is 18.3 Å². The molecule has 4 rings (SSSR count). The molecule has 1 atom stereocenters. The van der Waals surface area contributed by atoms with Crippen molar-refractivity contribution >= 4 is 32.5 Å². The lowest BCUT2D eigenvalue weighted by molar-refractivity contribution is -0.157. The van der Waals surface area contributed by atoms with Gasteiger partial charge in [-0.25, -0.2) is 9.18 Å². The number of benzene rings is 1. The number of hydrogen-bond donors (Lipinski definition) is 0. The number of ether oxygens (including phenoxy) is 1. The van der Waals surface area contributed by atoms with Crippen LogP contribution in [0.4, 0.5) is 4.39 Å². The zero-order chi connectivity index (χ0) is 28.0. The van der Waals surface area contributed by atoms with Crippen molar-refractivity contribution < 1.29 is 32.4 Å². The molecule has 0 saturated carbocycles. The molecular formula is C26H36BFN2O7Si. The number of hydrogen-bond acceptors (Lipinski definition) is 7. The minimum Gasteiger partial charge on any atom is -0.408 e. The van der Waals surface area contributed by atoms with Crippen LogP contribution in [-0.2, 0) is 23.6 Å². The number of halogens is 1. The fraction of sp³-hybridized carbons (Fsp3) is 0.577. The van der Waals surface area contributed by atoms with E-state index in [1.807, 2.05) is 27.7 Å². The number of amides is 2. The second-order valence-electron chi connectivity index (χ2n) is 12.2. The van der Waals surface area contributed by atoms with Gasteiger partial charge in [-0.05, 0) is 57.8 Å². The molecule has 2 aliphatic heterocycles. The maximum atomic E-state index is 15.2. The van der Waals surface area contributed by atoms with E-state index in [-0.39, 0.29) is 36.8 Å². The Morgan fingerprint density at radius 1 is 1.11 bits per heavy atom. The maximum Gasteiger partial charge on any atom is 0.494 e. The Labute approximate surface area is 223 Å². The summed E-state index contributed by atoms with van der Waals surface area (Å²) in [6.07, 6.45) is 1.54. The molecule has 0 spiro atoms. The van der Waals surface area contributed by atoms with Gasteiger partial charge in [0.25, 0.3) is 5.91 Å². The lowest BCUT2D eigenvalue weighted by atomic mass is 9.78. The number of carbonyl (C=O) groups excluding carboxylic acids is 2. The van der Waals surface area contributed by atoms with Gasteiger partial charge in [-0.2, -0.15) is 0 Å². The molecular weight excluding hydrogens is 510 g/mol. The Bertz CT molecular complexity index is 1270. The largest absolute Gasteiger partial charge is 0.494 e. The molecule has 0 N–H and O–H groups in total. The number of aromatic nitrogens is 1. The van der Waals surface area contributed by atoms with Crippen molar-refractivity contribution in [3.05, 3.63) is 40.8 Å². The lowest BCUT2D eigenvalue weighted by Gasteiger charge is -2.32. The monoisotopic (exact) mass is 546 g/mol. The Kier molecular flexibility index (Phi) is 7.65. The van der Waals surface area contributed by atoms with Gasteiger partial charge in [0.2, 0.25) is 5.91 Å². The molecule has 9 nitrogen and oxygen atoms in total. The van der Waals surface area contributed by atoms with Crippen LogP contribution in [0.3, 0.4) is 0 Å². The number of oxazole rings is 1. The van der Waals surface area contributed by atoms with Crippen molar-refractivity contribution in [2.45, 2.75) is 83.5 Å². The van der Waals surface area contributed by atoms with Crippen LogP contribution in [0.15, 0.2) is 33.6 Å². The van der Waals surface area contributed by atoms with Crippen LogP contribution in [0.2, 0.25) is 25.7 Å². The van der Waals surface area contributed by atoms with Crippen LogP contribution < -0.4 is 11.2 Å². The Morgan fingerprint density at radius 3 is 2.37 bits per heavy atom. The van der Waals surface area contributed by atoms with E-state index in [9.17, 15) is 14.4 Å². The van der Waals surface area contributed by atoms with Crippen LogP contribution in [0.25, 0.3) is 11.3 Å². The van der Waals surface area contributed by atoms with Crippen LogP contribution in [-0.4, -0.2) is 61.0 Å². The van der Waals surface area contributed by atoms with Gasteiger partial charge < -0.3 is 18.5 Å². The summed E-state index contributed by atoms with van der Waals surface area (Å²) in [5.41, 5.74) is -0.583. The highest BCUT2D eigenvalue weighted by molar-refractivity contribution is 6.76. The summed E-state index contributed by atoms with van der Waals surface area (Å²) in [6.45, 7) is 14.6. The van der Waals surface area contributed by atoms with E-state index in [2.05, 4.69) is 19.6 Å². The first-order chi connectivity index (χ1) is 17.6. The van der Waals surface area contributed by atoms with Crippen LogP contribution >= 0.6 is 0 Å². The van der Waals surface area contributed by atoms with E-state index in [0.29, 0.717) is 12.1 Å². The first-order valence-corrected chi connectivity index (χ1v) is 16.6. The summed E-state index contributed by atoms with van der Waals surface area (Å²) in [5, 5.41) is 0. The number of piperidine rings is 1. The number of carbonyl (C=O) groups is 2. The molecule has 0 aliphatic carbocycles. The van der Waals surface area contributed by atoms with Gasteiger partial charge in [-0.1, -0.05) is 25.7 Å². The van der Waals surface area contributed by atoms with Crippen molar-refractivity contribution in [2.24, 2.45) is 0 Å². The molecule has 1 aromatic carbocycles. The third-order valence-corrected chi connectivity index (χ3v) is 9.19. The maximum absolute atomic E-state index is 15.2. The third kappa shape index (κ3) is 5.73. The van der Waals surface area contributed by atoms with E-state index in [1.54, 1.807) is 6.07 Å². The van der Waals surface area contributed by atoms with E-state index in [0.717, 1.165) is 15.5 Å². The molecule has 1 unspecified atom stereocenters. The van der Waals surface area contributed by atoms with Gasteiger partial charge in [-0.15, -0.1) is 0 Å². The summed E-state index contributed by atoms with van der Waals surface area (Å²) >= 11 is 0. The Balaban J connectivity index is 1.50. The molecule has 2 aliphatic rings. The van der Waals surface area contributed by atoms with Gasteiger partial charge in [0.15, 0.2) is 5.76 Å². The minimum atomic E-state index is -1.33. The first-order valence-electron chi connectivity index (χ1n) is 12.9. The van der Waals surface area contributed by atoms with E-state index >= 15 is 4.39 Å². The predicted octanol–water partition coefficient (Wildman–Crippen LogP) is 3.55. The van der Waals surface area contributed by atoms with Crippen molar-refractivity contribution in [3.63, 3.8) is 0 Å². The SMILES string of the molecule is CC1(C)OB(c2ccc(-c3cn(C4CCC(=O)N(COCC[Si](C)(C)C)C4=O)c(=O)o3)c(F)c2)OC1(C)C. The number of imide groups is 1. The van der Waals surface area contributed by atoms with E-state index < -0.39 is 49.9 Å². The normalized spacial score (nSPS) is 21.4. The molecule has 1 aromatic heterocycles. The molecule has 0 bridgehead atoms. The zero-order valence-corrected chi connectivity index (χ0v) is 24.1. The second kappa shape index (κ2) is 10.2. The quantitative estimate of drug-likeness (QED) is 0.284. The predicted molar refractivity (Wildman–Crippen MR) is 143 cm³/mol.